The molecule has 0 aliphatic carbocycles. The SMILES string of the molecule is O=C(NCCc1ccc(Cc2sc(=O)[nH]c2O)cc1)c1cc2ccccc2[nH]1. The Kier molecular flexibility index (Phi) is 4.99. The van der Waals surface area contributed by atoms with Gasteiger partial charge in [0.05, 0.1) is 4.88 Å². The summed E-state index contributed by atoms with van der Waals surface area (Å²) in [5.41, 5.74) is 3.62. The van der Waals surface area contributed by atoms with E-state index in [-0.39, 0.29) is 16.7 Å². The number of aromatic hydroxyl groups is 1. The van der Waals surface area contributed by atoms with Crippen LogP contribution < -0.4 is 10.2 Å². The molecule has 2 aromatic heterocycles. The van der Waals surface area contributed by atoms with Crippen molar-refractivity contribution in [2.24, 2.45) is 0 Å². The van der Waals surface area contributed by atoms with Crippen molar-refractivity contribution in [2.45, 2.75) is 12.8 Å². The second kappa shape index (κ2) is 7.74. The fourth-order valence-electron chi connectivity index (χ4n) is 3.09. The van der Waals surface area contributed by atoms with Crippen LogP contribution in [0, 0.1) is 0 Å². The number of benzene rings is 2. The maximum absolute atomic E-state index is 12.3. The highest BCUT2D eigenvalue weighted by atomic mass is 32.1. The predicted octanol–water partition coefficient (Wildman–Crippen LogP) is 3.19. The Morgan fingerprint density at radius 2 is 1.79 bits per heavy atom. The molecule has 2 aromatic carbocycles. The minimum atomic E-state index is -0.255. The average molecular weight is 393 g/mol. The van der Waals surface area contributed by atoms with E-state index in [0.29, 0.717) is 23.5 Å². The third kappa shape index (κ3) is 3.99. The van der Waals surface area contributed by atoms with E-state index in [4.69, 9.17) is 0 Å². The molecule has 7 heteroatoms. The molecule has 0 radical (unpaired) electrons. The van der Waals surface area contributed by atoms with Crippen molar-refractivity contribution in [3.8, 4) is 5.88 Å². The van der Waals surface area contributed by atoms with Gasteiger partial charge >= 0.3 is 4.87 Å². The highest BCUT2D eigenvalue weighted by Gasteiger charge is 2.09. The number of aromatic amines is 2. The molecule has 0 aliphatic heterocycles. The molecule has 0 bridgehead atoms. The molecule has 28 heavy (non-hydrogen) atoms. The number of hydrogen-bond donors (Lipinski definition) is 4. The van der Waals surface area contributed by atoms with Crippen LogP contribution >= 0.6 is 11.3 Å². The summed E-state index contributed by atoms with van der Waals surface area (Å²) in [6, 6.07) is 17.6. The summed E-state index contributed by atoms with van der Waals surface area (Å²) in [4.78, 5) is 29.4. The number of thiazole rings is 1. The van der Waals surface area contributed by atoms with Crippen molar-refractivity contribution in [2.75, 3.05) is 6.54 Å². The molecule has 4 N–H and O–H groups in total. The minimum Gasteiger partial charge on any atom is -0.494 e. The largest absolute Gasteiger partial charge is 0.494 e. The van der Waals surface area contributed by atoms with Gasteiger partial charge in [-0.15, -0.1) is 0 Å². The van der Waals surface area contributed by atoms with E-state index in [1.807, 2.05) is 54.6 Å². The van der Waals surface area contributed by atoms with Crippen LogP contribution in [-0.2, 0) is 12.8 Å². The number of hydrogen-bond acceptors (Lipinski definition) is 4. The zero-order valence-corrected chi connectivity index (χ0v) is 15.8. The van der Waals surface area contributed by atoms with Gasteiger partial charge in [-0.3, -0.25) is 14.6 Å². The first kappa shape index (κ1) is 18.1. The zero-order valence-electron chi connectivity index (χ0n) is 15.0. The van der Waals surface area contributed by atoms with E-state index in [9.17, 15) is 14.7 Å². The number of nitrogens with one attached hydrogen (secondary N) is 3. The molecule has 142 valence electrons. The summed E-state index contributed by atoms with van der Waals surface area (Å²) >= 11 is 1.02. The van der Waals surface area contributed by atoms with Gasteiger partial charge in [0, 0.05) is 23.9 Å². The highest BCUT2D eigenvalue weighted by Crippen LogP contribution is 2.20. The number of carbonyl (C=O) groups excluding carboxylic acids is 1. The standard InChI is InChI=1S/C21H19N3O3S/c25-19(17-12-15-3-1-2-4-16(15)23-17)22-10-9-13-5-7-14(8-6-13)11-18-20(26)24-21(27)28-18/h1-8,12,23,26H,9-11H2,(H,22,25)(H,24,27). The molecule has 0 spiro atoms. The Morgan fingerprint density at radius 1 is 1.04 bits per heavy atom. The van der Waals surface area contributed by atoms with E-state index in [2.05, 4.69) is 15.3 Å². The zero-order chi connectivity index (χ0) is 19.5. The first-order valence-corrected chi connectivity index (χ1v) is 9.75. The number of fused-ring (bicyclic) bond motifs is 1. The van der Waals surface area contributed by atoms with Gasteiger partial charge in [0.15, 0.2) is 0 Å². The summed E-state index contributed by atoms with van der Waals surface area (Å²) in [7, 11) is 0. The maximum Gasteiger partial charge on any atom is 0.307 e. The van der Waals surface area contributed by atoms with Crippen molar-refractivity contribution in [3.05, 3.63) is 86.0 Å². The van der Waals surface area contributed by atoms with Crippen LogP contribution in [0.4, 0.5) is 0 Å². The normalized spacial score (nSPS) is 11.0. The molecule has 0 saturated carbocycles. The van der Waals surface area contributed by atoms with Crippen LogP contribution in [0.15, 0.2) is 59.4 Å². The molecular formula is C21H19N3O3S. The summed E-state index contributed by atoms with van der Waals surface area (Å²) in [6.45, 7) is 0.535. The molecule has 0 atom stereocenters. The van der Waals surface area contributed by atoms with Gasteiger partial charge in [-0.1, -0.05) is 53.8 Å². The second-order valence-corrected chi connectivity index (χ2v) is 7.62. The Balaban J connectivity index is 1.31. The Bertz CT molecular complexity index is 1140. The molecule has 4 rings (SSSR count). The van der Waals surface area contributed by atoms with Crippen molar-refractivity contribution in [1.82, 2.24) is 15.3 Å². The van der Waals surface area contributed by atoms with Crippen molar-refractivity contribution >= 4 is 28.1 Å². The molecule has 4 aromatic rings. The van der Waals surface area contributed by atoms with Crippen LogP contribution in [0.1, 0.15) is 26.5 Å². The minimum absolute atomic E-state index is 0.0567. The lowest BCUT2D eigenvalue weighted by atomic mass is 10.1. The Labute approximate surface area is 164 Å². The van der Waals surface area contributed by atoms with Crippen LogP contribution in [0.5, 0.6) is 5.88 Å². The number of para-hydroxylation sites is 1. The van der Waals surface area contributed by atoms with Gasteiger partial charge in [-0.25, -0.2) is 0 Å². The van der Waals surface area contributed by atoms with Gasteiger partial charge in [0.1, 0.15) is 5.69 Å². The fourth-order valence-corrected chi connectivity index (χ4v) is 3.85. The average Bonchev–Trinajstić information content (AvgIpc) is 3.26. The van der Waals surface area contributed by atoms with E-state index in [0.717, 1.165) is 39.8 Å². The first-order chi connectivity index (χ1) is 13.6. The first-order valence-electron chi connectivity index (χ1n) is 8.93. The molecule has 2 heterocycles. The third-order valence-electron chi connectivity index (χ3n) is 4.56. The van der Waals surface area contributed by atoms with Crippen molar-refractivity contribution < 1.29 is 9.90 Å². The number of carbonyl (C=O) groups is 1. The van der Waals surface area contributed by atoms with E-state index in [1.165, 1.54) is 0 Å². The Morgan fingerprint density at radius 3 is 2.50 bits per heavy atom. The smallest absolute Gasteiger partial charge is 0.307 e. The number of H-pyrrole nitrogens is 2. The van der Waals surface area contributed by atoms with Crippen LogP contribution in [0.25, 0.3) is 10.9 Å². The van der Waals surface area contributed by atoms with E-state index in [1.54, 1.807) is 0 Å². The fraction of sp³-hybridized carbons (Fsp3) is 0.143. The topological polar surface area (TPSA) is 98.0 Å². The molecule has 1 amide bonds. The molecule has 0 saturated heterocycles. The van der Waals surface area contributed by atoms with Crippen LogP contribution in [-0.4, -0.2) is 27.5 Å². The lowest BCUT2D eigenvalue weighted by Crippen LogP contribution is -2.25. The lowest BCUT2D eigenvalue weighted by Gasteiger charge is -2.05. The number of aromatic nitrogens is 2. The summed E-state index contributed by atoms with van der Waals surface area (Å²) < 4.78 is 0. The predicted molar refractivity (Wildman–Crippen MR) is 110 cm³/mol. The van der Waals surface area contributed by atoms with Crippen molar-refractivity contribution in [3.63, 3.8) is 0 Å². The van der Waals surface area contributed by atoms with E-state index < -0.39 is 0 Å². The number of amides is 1. The third-order valence-corrected chi connectivity index (χ3v) is 5.43. The molecule has 0 fully saturated rings. The van der Waals surface area contributed by atoms with Gasteiger partial charge in [-0.2, -0.15) is 0 Å². The molecule has 0 unspecified atom stereocenters. The maximum atomic E-state index is 12.3. The van der Waals surface area contributed by atoms with Crippen LogP contribution in [0.3, 0.4) is 0 Å². The van der Waals surface area contributed by atoms with E-state index >= 15 is 0 Å². The van der Waals surface area contributed by atoms with Crippen molar-refractivity contribution in [1.29, 1.82) is 0 Å². The second-order valence-electron chi connectivity index (χ2n) is 6.56. The monoisotopic (exact) mass is 393 g/mol. The highest BCUT2D eigenvalue weighted by molar-refractivity contribution is 7.09. The summed E-state index contributed by atoms with van der Waals surface area (Å²) in [5.74, 6) is -0.176. The van der Waals surface area contributed by atoms with Crippen LogP contribution in [0.2, 0.25) is 0 Å². The molecule has 0 aliphatic rings. The molecule has 6 nitrogen and oxygen atoms in total. The Hall–Kier alpha value is -3.32. The van der Waals surface area contributed by atoms with Gasteiger partial charge in [-0.05, 0) is 29.7 Å². The number of rotatable bonds is 6. The molecular weight excluding hydrogens is 374 g/mol. The van der Waals surface area contributed by atoms with Gasteiger partial charge in [0.2, 0.25) is 5.88 Å². The lowest BCUT2D eigenvalue weighted by molar-refractivity contribution is 0.0950. The quantitative estimate of drug-likeness (QED) is 0.405. The van der Waals surface area contributed by atoms with Gasteiger partial charge in [0.25, 0.3) is 5.91 Å². The summed E-state index contributed by atoms with van der Waals surface area (Å²) in [6.07, 6.45) is 1.22. The van der Waals surface area contributed by atoms with Gasteiger partial charge < -0.3 is 15.4 Å². The summed E-state index contributed by atoms with van der Waals surface area (Å²) in [5, 5.41) is 13.6.